The minimum atomic E-state index is -0.379. The topological polar surface area (TPSA) is 17.1 Å². The van der Waals surface area contributed by atoms with E-state index in [0.717, 1.165) is 10.0 Å². The van der Waals surface area contributed by atoms with Crippen molar-refractivity contribution in [3.8, 4) is 0 Å². The molecule has 0 spiro atoms. The Labute approximate surface area is 134 Å². The van der Waals surface area contributed by atoms with E-state index in [9.17, 15) is 9.18 Å². The summed E-state index contributed by atoms with van der Waals surface area (Å²) in [5.41, 5.74) is 1.14. The van der Waals surface area contributed by atoms with Gasteiger partial charge >= 0.3 is 0 Å². The summed E-state index contributed by atoms with van der Waals surface area (Å²) in [6.45, 7) is 0. The lowest BCUT2D eigenvalue weighted by Crippen LogP contribution is -2.08. The van der Waals surface area contributed by atoms with Crippen LogP contribution in [0.2, 0.25) is 10.0 Å². The normalized spacial score (nSPS) is 10.6. The second kappa shape index (κ2) is 6.70. The molecule has 0 aliphatic rings. The Balaban J connectivity index is 2.09. The SMILES string of the molecule is O=C(Cc1ccc(Cl)c(Cl)c1)Cc1cc(Br)ccc1F. The summed E-state index contributed by atoms with van der Waals surface area (Å²) in [7, 11) is 0. The summed E-state index contributed by atoms with van der Waals surface area (Å²) in [6, 6.07) is 9.59. The van der Waals surface area contributed by atoms with E-state index in [1.54, 1.807) is 30.3 Å². The molecule has 0 fully saturated rings. The second-order valence-corrected chi connectivity index (χ2v) is 6.11. The van der Waals surface area contributed by atoms with Gasteiger partial charge in [0.05, 0.1) is 10.0 Å². The molecule has 0 saturated heterocycles. The van der Waals surface area contributed by atoms with Crippen LogP contribution in [-0.2, 0) is 17.6 Å². The summed E-state index contributed by atoms with van der Waals surface area (Å²) in [6.07, 6.45) is 0.244. The second-order valence-electron chi connectivity index (χ2n) is 4.38. The Bertz CT molecular complexity index is 658. The summed E-state index contributed by atoms with van der Waals surface area (Å²) >= 11 is 15.0. The standard InChI is InChI=1S/C15H10BrCl2FO/c16-11-2-4-15(19)10(7-11)8-12(20)5-9-1-3-13(17)14(18)6-9/h1-4,6-7H,5,8H2. The lowest BCUT2D eigenvalue weighted by atomic mass is 10.0. The molecule has 20 heavy (non-hydrogen) atoms. The van der Waals surface area contributed by atoms with Gasteiger partial charge in [0.2, 0.25) is 0 Å². The van der Waals surface area contributed by atoms with Gasteiger partial charge in [-0.15, -0.1) is 0 Å². The van der Waals surface area contributed by atoms with Gasteiger partial charge in [0, 0.05) is 17.3 Å². The largest absolute Gasteiger partial charge is 0.299 e. The fourth-order valence-corrected chi connectivity index (χ4v) is 2.56. The monoisotopic (exact) mass is 374 g/mol. The summed E-state index contributed by atoms with van der Waals surface area (Å²) in [4.78, 5) is 12.0. The van der Waals surface area contributed by atoms with Crippen molar-refractivity contribution in [1.29, 1.82) is 0 Å². The van der Waals surface area contributed by atoms with Crippen LogP contribution in [-0.4, -0.2) is 5.78 Å². The Kier molecular flexibility index (Phi) is 5.19. The highest BCUT2D eigenvalue weighted by atomic mass is 79.9. The van der Waals surface area contributed by atoms with Crippen molar-refractivity contribution >= 4 is 44.9 Å². The molecule has 0 radical (unpaired) electrons. The molecule has 0 aliphatic heterocycles. The lowest BCUT2D eigenvalue weighted by Gasteiger charge is -2.05. The first-order chi connectivity index (χ1) is 9.45. The number of hydrogen-bond donors (Lipinski definition) is 0. The fraction of sp³-hybridized carbons (Fsp3) is 0.133. The number of benzene rings is 2. The first kappa shape index (κ1) is 15.5. The van der Waals surface area contributed by atoms with Crippen molar-refractivity contribution in [1.82, 2.24) is 0 Å². The molecule has 0 atom stereocenters. The zero-order valence-corrected chi connectivity index (χ0v) is 13.4. The number of carbonyl (C=O) groups is 1. The van der Waals surface area contributed by atoms with Crippen LogP contribution in [0.15, 0.2) is 40.9 Å². The maximum atomic E-state index is 13.6. The molecule has 0 aliphatic carbocycles. The van der Waals surface area contributed by atoms with Gasteiger partial charge in [-0.05, 0) is 41.5 Å². The lowest BCUT2D eigenvalue weighted by molar-refractivity contribution is -0.117. The van der Waals surface area contributed by atoms with E-state index in [1.165, 1.54) is 6.07 Å². The Morgan fingerprint density at radius 2 is 1.80 bits per heavy atom. The van der Waals surface area contributed by atoms with Crippen LogP contribution in [0.4, 0.5) is 4.39 Å². The van der Waals surface area contributed by atoms with E-state index in [-0.39, 0.29) is 24.4 Å². The van der Waals surface area contributed by atoms with Crippen molar-refractivity contribution in [2.24, 2.45) is 0 Å². The molecule has 5 heteroatoms. The average Bonchev–Trinajstić information content (AvgIpc) is 2.38. The van der Waals surface area contributed by atoms with Gasteiger partial charge in [0.1, 0.15) is 11.6 Å². The van der Waals surface area contributed by atoms with Crippen LogP contribution >= 0.6 is 39.1 Å². The zero-order chi connectivity index (χ0) is 14.7. The summed E-state index contributed by atoms with van der Waals surface area (Å²) in [5.74, 6) is -0.462. The van der Waals surface area contributed by atoms with Gasteiger partial charge in [-0.1, -0.05) is 45.2 Å². The minimum absolute atomic E-state index is 0.0471. The smallest absolute Gasteiger partial charge is 0.141 e. The number of ketones is 1. The van der Waals surface area contributed by atoms with Crippen LogP contribution in [0.25, 0.3) is 0 Å². The first-order valence-corrected chi connectivity index (χ1v) is 7.40. The van der Waals surface area contributed by atoms with Gasteiger partial charge < -0.3 is 0 Å². The third-order valence-corrected chi connectivity index (χ3v) is 4.01. The van der Waals surface area contributed by atoms with Gasteiger partial charge in [0.25, 0.3) is 0 Å². The van der Waals surface area contributed by atoms with E-state index in [0.29, 0.717) is 15.6 Å². The molecule has 0 heterocycles. The van der Waals surface area contributed by atoms with E-state index < -0.39 is 0 Å². The van der Waals surface area contributed by atoms with Crippen LogP contribution < -0.4 is 0 Å². The number of carbonyl (C=O) groups excluding carboxylic acids is 1. The highest BCUT2D eigenvalue weighted by molar-refractivity contribution is 9.10. The molecule has 1 nitrogen and oxygen atoms in total. The van der Waals surface area contributed by atoms with Crippen LogP contribution in [0, 0.1) is 5.82 Å². The third kappa shape index (κ3) is 4.05. The molecule has 0 N–H and O–H groups in total. The van der Waals surface area contributed by atoms with E-state index >= 15 is 0 Å². The maximum absolute atomic E-state index is 13.6. The highest BCUT2D eigenvalue weighted by Crippen LogP contribution is 2.23. The Morgan fingerprint density at radius 1 is 1.05 bits per heavy atom. The quantitative estimate of drug-likeness (QED) is 0.713. The first-order valence-electron chi connectivity index (χ1n) is 5.85. The van der Waals surface area contributed by atoms with Gasteiger partial charge in [0.15, 0.2) is 0 Å². The van der Waals surface area contributed by atoms with Gasteiger partial charge in [-0.2, -0.15) is 0 Å². The van der Waals surface area contributed by atoms with Crippen LogP contribution in [0.3, 0.4) is 0 Å². The maximum Gasteiger partial charge on any atom is 0.141 e. The molecule has 2 rings (SSSR count). The molecule has 104 valence electrons. The van der Waals surface area contributed by atoms with E-state index in [4.69, 9.17) is 23.2 Å². The average molecular weight is 376 g/mol. The molecule has 0 amide bonds. The highest BCUT2D eigenvalue weighted by Gasteiger charge is 2.10. The van der Waals surface area contributed by atoms with E-state index in [1.807, 2.05) is 0 Å². The van der Waals surface area contributed by atoms with Crippen LogP contribution in [0.5, 0.6) is 0 Å². The molecule has 2 aromatic carbocycles. The van der Waals surface area contributed by atoms with Gasteiger partial charge in [-0.3, -0.25) is 4.79 Å². The van der Waals surface area contributed by atoms with Crippen molar-refractivity contribution in [2.45, 2.75) is 12.8 Å². The summed E-state index contributed by atoms with van der Waals surface area (Å²) in [5, 5.41) is 0.853. The molecule has 0 saturated carbocycles. The van der Waals surface area contributed by atoms with Crippen LogP contribution in [0.1, 0.15) is 11.1 Å². The summed E-state index contributed by atoms with van der Waals surface area (Å²) < 4.78 is 14.3. The Morgan fingerprint density at radius 3 is 2.50 bits per heavy atom. The third-order valence-electron chi connectivity index (χ3n) is 2.78. The van der Waals surface area contributed by atoms with Crippen molar-refractivity contribution in [3.05, 3.63) is 67.9 Å². The van der Waals surface area contributed by atoms with Gasteiger partial charge in [-0.25, -0.2) is 4.39 Å². The number of hydrogen-bond acceptors (Lipinski definition) is 1. The molecule has 0 aromatic heterocycles. The molecule has 0 unspecified atom stereocenters. The predicted octanol–water partition coefficient (Wildman–Crippen LogP) is 5.25. The molecular formula is C15H10BrCl2FO. The Hall–Kier alpha value is -0.900. The minimum Gasteiger partial charge on any atom is -0.299 e. The molecular weight excluding hydrogens is 366 g/mol. The number of rotatable bonds is 4. The number of Topliss-reactive ketones (excluding diaryl/α,β-unsaturated/α-hetero) is 1. The predicted molar refractivity (Wildman–Crippen MR) is 83.0 cm³/mol. The molecule has 0 bridgehead atoms. The van der Waals surface area contributed by atoms with Crippen molar-refractivity contribution in [3.63, 3.8) is 0 Å². The van der Waals surface area contributed by atoms with Crippen molar-refractivity contribution < 1.29 is 9.18 Å². The molecule has 2 aromatic rings. The van der Waals surface area contributed by atoms with E-state index in [2.05, 4.69) is 15.9 Å². The fourth-order valence-electron chi connectivity index (χ4n) is 1.83. The zero-order valence-electron chi connectivity index (χ0n) is 10.3. The number of halogens is 4. The van der Waals surface area contributed by atoms with Crippen molar-refractivity contribution in [2.75, 3.05) is 0 Å².